The highest BCUT2D eigenvalue weighted by Crippen LogP contribution is 2.14. The number of nitrogens with one attached hydrogen (secondary N) is 3. The lowest BCUT2D eigenvalue weighted by Crippen LogP contribution is -2.41. The Morgan fingerprint density at radius 1 is 0.508 bits per heavy atom. The maximum Gasteiger partial charge on any atom is 0.488 e. The zero-order valence-corrected chi connectivity index (χ0v) is 38.4. The highest BCUT2D eigenvalue weighted by Gasteiger charge is 2.19. The zero-order chi connectivity index (χ0) is 45.9. The van der Waals surface area contributed by atoms with E-state index in [9.17, 15) is 24.3 Å². The third-order valence-electron chi connectivity index (χ3n) is 10.2. The van der Waals surface area contributed by atoms with Crippen molar-refractivity contribution < 1.29 is 62.8 Å². The molecular weight excluding hydrogens is 813 g/mol. The van der Waals surface area contributed by atoms with Crippen LogP contribution in [-0.2, 0) is 42.8 Å². The average Bonchev–Trinajstić information content (AvgIpc) is 3.27. The summed E-state index contributed by atoms with van der Waals surface area (Å²) in [6.07, 6.45) is 21.4. The summed E-state index contributed by atoms with van der Waals surface area (Å²) in [4.78, 5) is 48.2. The molecule has 362 valence electrons. The third kappa shape index (κ3) is 36.8. The topological polar surface area (TPSA) is 220 Å². The van der Waals surface area contributed by atoms with Gasteiger partial charge in [-0.25, -0.2) is 4.79 Å². The summed E-state index contributed by atoms with van der Waals surface area (Å²) in [5, 5.41) is 36.0. The number of carboxylic acids is 1. The van der Waals surface area contributed by atoms with E-state index in [0.29, 0.717) is 116 Å². The summed E-state index contributed by atoms with van der Waals surface area (Å²) >= 11 is 0. The Bertz CT molecular complexity index is 1260. The van der Waals surface area contributed by atoms with Gasteiger partial charge in [0.2, 0.25) is 11.8 Å². The number of ether oxygens (including phenoxy) is 6. The van der Waals surface area contributed by atoms with Gasteiger partial charge in [-0.1, -0.05) is 109 Å². The molecule has 1 aromatic carbocycles. The van der Waals surface area contributed by atoms with Gasteiger partial charge in [-0.2, -0.15) is 0 Å². The van der Waals surface area contributed by atoms with Crippen molar-refractivity contribution in [1.82, 2.24) is 16.0 Å². The van der Waals surface area contributed by atoms with Crippen LogP contribution in [0.15, 0.2) is 24.3 Å². The Balaban J connectivity index is 1.84. The minimum atomic E-state index is -1.57. The number of amides is 3. The Morgan fingerprint density at radius 2 is 0.952 bits per heavy atom. The predicted molar refractivity (Wildman–Crippen MR) is 244 cm³/mol. The molecule has 1 aromatic rings. The molecule has 0 aromatic heterocycles. The summed E-state index contributed by atoms with van der Waals surface area (Å²) in [5.74, 6) is -1.71. The minimum absolute atomic E-state index is 0.0421. The van der Waals surface area contributed by atoms with Crippen molar-refractivity contribution in [3.8, 4) is 0 Å². The monoisotopic (exact) mass is 896 g/mol. The Morgan fingerprint density at radius 3 is 1.41 bits per heavy atom. The van der Waals surface area contributed by atoms with E-state index in [1.807, 2.05) is 0 Å². The van der Waals surface area contributed by atoms with Crippen molar-refractivity contribution in [1.29, 1.82) is 0 Å². The molecule has 3 amide bonds. The van der Waals surface area contributed by atoms with Gasteiger partial charge in [-0.3, -0.25) is 14.4 Å². The molecule has 0 saturated carbocycles. The van der Waals surface area contributed by atoms with E-state index in [4.69, 9.17) is 38.5 Å². The molecule has 0 aliphatic heterocycles. The molecule has 0 aliphatic rings. The summed E-state index contributed by atoms with van der Waals surface area (Å²) in [6, 6.07) is 5.02. The molecule has 63 heavy (non-hydrogen) atoms. The van der Waals surface area contributed by atoms with Crippen LogP contribution in [0.2, 0.25) is 0 Å². The van der Waals surface area contributed by atoms with E-state index in [1.54, 1.807) is 0 Å². The standard InChI is InChI=1S/C46H82BN3O13/c1-2-3-4-5-6-7-8-9-10-11-12-13-14-15-16-20-43(51)48-26-18-17-19-42(46(54)55)50-44(52)25-28-58-30-32-60-34-36-62-38-39-63-37-35-61-33-31-59-29-27-49-45(53)40-21-23-41(24-22-40)47(56)57/h21-24,42,56-57H,2-20,25-39H2,1H3,(H,48,51)(H,49,53)(H,50,52)(H,54,55). The fourth-order valence-corrected chi connectivity index (χ4v) is 6.48. The second-order valence-corrected chi connectivity index (χ2v) is 15.7. The van der Waals surface area contributed by atoms with Crippen LogP contribution in [0.1, 0.15) is 146 Å². The van der Waals surface area contributed by atoms with Gasteiger partial charge in [0.05, 0.1) is 79.3 Å². The van der Waals surface area contributed by atoms with Crippen LogP contribution >= 0.6 is 0 Å². The van der Waals surface area contributed by atoms with Crippen LogP contribution in [0.3, 0.4) is 0 Å². The van der Waals surface area contributed by atoms with Gasteiger partial charge in [0.1, 0.15) is 6.04 Å². The van der Waals surface area contributed by atoms with Crippen LogP contribution in [0, 0.1) is 0 Å². The molecule has 0 heterocycles. The van der Waals surface area contributed by atoms with Crippen molar-refractivity contribution in [3.63, 3.8) is 0 Å². The van der Waals surface area contributed by atoms with Gasteiger partial charge in [-0.05, 0) is 43.3 Å². The molecule has 16 nitrogen and oxygen atoms in total. The van der Waals surface area contributed by atoms with Crippen LogP contribution in [0.4, 0.5) is 0 Å². The second kappa shape index (κ2) is 42.8. The highest BCUT2D eigenvalue weighted by molar-refractivity contribution is 6.58. The van der Waals surface area contributed by atoms with Crippen molar-refractivity contribution in [2.75, 3.05) is 92.4 Å². The van der Waals surface area contributed by atoms with Crippen LogP contribution in [0.25, 0.3) is 0 Å². The predicted octanol–water partition coefficient (Wildman–Crippen LogP) is 4.70. The lowest BCUT2D eigenvalue weighted by molar-refractivity contribution is -0.142. The molecule has 1 unspecified atom stereocenters. The molecule has 1 rings (SSSR count). The SMILES string of the molecule is CCCCCCCCCCCCCCCCCC(=O)NCCCCC(NC(=O)CCOCCOCCOCCOCCOCCOCCNC(=O)c1ccc(B(O)O)cc1)C(=O)O. The molecule has 0 aliphatic carbocycles. The molecule has 0 radical (unpaired) electrons. The smallest absolute Gasteiger partial charge is 0.480 e. The molecule has 6 N–H and O–H groups in total. The summed E-state index contributed by atoms with van der Waals surface area (Å²) in [6.45, 7) is 7.36. The first-order valence-corrected chi connectivity index (χ1v) is 23.7. The van der Waals surface area contributed by atoms with E-state index in [1.165, 1.54) is 108 Å². The lowest BCUT2D eigenvalue weighted by Gasteiger charge is -2.15. The Hall–Kier alpha value is -3.16. The maximum atomic E-state index is 12.3. The van der Waals surface area contributed by atoms with E-state index >= 15 is 0 Å². The Kier molecular flexibility index (Phi) is 39.3. The first-order valence-electron chi connectivity index (χ1n) is 23.7. The second-order valence-electron chi connectivity index (χ2n) is 15.7. The largest absolute Gasteiger partial charge is 0.488 e. The number of aliphatic carboxylic acids is 1. The average molecular weight is 896 g/mol. The van der Waals surface area contributed by atoms with Gasteiger partial charge in [0, 0.05) is 31.5 Å². The zero-order valence-electron chi connectivity index (χ0n) is 38.4. The fraction of sp³-hybridized carbons (Fsp3) is 0.783. The van der Waals surface area contributed by atoms with Crippen molar-refractivity contribution in [3.05, 3.63) is 29.8 Å². The van der Waals surface area contributed by atoms with E-state index in [0.717, 1.165) is 12.8 Å². The molecular formula is C46H82BN3O13. The van der Waals surface area contributed by atoms with Gasteiger partial charge < -0.3 is 59.5 Å². The van der Waals surface area contributed by atoms with Crippen molar-refractivity contribution in [2.24, 2.45) is 0 Å². The number of carboxylic acid groups (broad SMARTS) is 1. The molecule has 0 bridgehead atoms. The third-order valence-corrected chi connectivity index (χ3v) is 10.2. The summed E-state index contributed by atoms with van der Waals surface area (Å²) in [5.41, 5.74) is 0.727. The molecule has 0 fully saturated rings. The molecule has 0 saturated heterocycles. The van der Waals surface area contributed by atoms with Crippen molar-refractivity contribution >= 4 is 36.3 Å². The normalized spacial score (nSPS) is 11.7. The summed E-state index contributed by atoms with van der Waals surface area (Å²) in [7, 11) is -1.57. The lowest BCUT2D eigenvalue weighted by atomic mass is 9.80. The van der Waals surface area contributed by atoms with Crippen molar-refractivity contribution in [2.45, 2.75) is 141 Å². The van der Waals surface area contributed by atoms with Gasteiger partial charge in [0.15, 0.2) is 0 Å². The number of rotatable bonds is 46. The quantitative estimate of drug-likeness (QED) is 0.0387. The van der Waals surface area contributed by atoms with Crippen LogP contribution < -0.4 is 21.4 Å². The number of carbonyl (C=O) groups excluding carboxylic acids is 3. The molecule has 1 atom stereocenters. The number of hydrogen-bond donors (Lipinski definition) is 6. The minimum Gasteiger partial charge on any atom is -0.480 e. The van der Waals surface area contributed by atoms with Crippen LogP contribution in [-0.4, -0.2) is 144 Å². The summed E-state index contributed by atoms with van der Waals surface area (Å²) < 4.78 is 32.7. The maximum absolute atomic E-state index is 12.3. The number of benzene rings is 1. The molecule has 17 heteroatoms. The highest BCUT2D eigenvalue weighted by atomic mass is 16.6. The Labute approximate surface area is 377 Å². The van der Waals surface area contributed by atoms with Gasteiger partial charge >= 0.3 is 13.1 Å². The number of hydrogen-bond acceptors (Lipinski definition) is 12. The molecule has 0 spiro atoms. The van der Waals surface area contributed by atoms with E-state index < -0.39 is 19.1 Å². The van der Waals surface area contributed by atoms with Gasteiger partial charge in [0.25, 0.3) is 5.91 Å². The van der Waals surface area contributed by atoms with Gasteiger partial charge in [-0.15, -0.1) is 0 Å². The van der Waals surface area contributed by atoms with E-state index in [-0.39, 0.29) is 37.2 Å². The number of unbranched alkanes of at least 4 members (excludes halogenated alkanes) is 15. The van der Waals surface area contributed by atoms with Crippen LogP contribution in [0.5, 0.6) is 0 Å². The first kappa shape index (κ1) is 57.9. The van der Waals surface area contributed by atoms with E-state index in [2.05, 4.69) is 22.9 Å². The first-order chi connectivity index (χ1) is 30.7. The number of carbonyl (C=O) groups is 4. The fourth-order valence-electron chi connectivity index (χ4n) is 6.48.